The molecular weight excluding hydrogens is 212 g/mol. The van der Waals surface area contributed by atoms with E-state index < -0.39 is 0 Å². The maximum absolute atomic E-state index is 9.28. The van der Waals surface area contributed by atoms with Crippen LogP contribution in [0.25, 0.3) is 11.3 Å². The molecular formula is C14H14N2O. The van der Waals surface area contributed by atoms with E-state index in [2.05, 4.69) is 9.97 Å². The molecule has 3 rings (SSSR count). The second-order valence-corrected chi connectivity index (χ2v) is 4.57. The maximum Gasteiger partial charge on any atom is 0.132 e. The van der Waals surface area contributed by atoms with Gasteiger partial charge in [0, 0.05) is 17.2 Å². The van der Waals surface area contributed by atoms with Gasteiger partial charge >= 0.3 is 0 Å². The summed E-state index contributed by atoms with van der Waals surface area (Å²) in [5.74, 6) is 1.81. The first-order valence-electron chi connectivity index (χ1n) is 5.87. The van der Waals surface area contributed by atoms with E-state index in [0.29, 0.717) is 5.92 Å². The Hall–Kier alpha value is -1.90. The molecule has 1 aromatic carbocycles. The minimum absolute atomic E-state index is 0.280. The van der Waals surface area contributed by atoms with Gasteiger partial charge in [-0.1, -0.05) is 0 Å². The lowest BCUT2D eigenvalue weighted by molar-refractivity contribution is 0.475. The van der Waals surface area contributed by atoms with Crippen molar-refractivity contribution in [1.29, 1.82) is 0 Å². The van der Waals surface area contributed by atoms with E-state index in [1.807, 2.05) is 25.1 Å². The normalized spacial score (nSPS) is 14.9. The molecule has 0 atom stereocenters. The lowest BCUT2D eigenvalue weighted by Gasteiger charge is -2.05. The monoisotopic (exact) mass is 226 g/mol. The highest BCUT2D eigenvalue weighted by Gasteiger charge is 2.27. The molecule has 17 heavy (non-hydrogen) atoms. The van der Waals surface area contributed by atoms with Crippen LogP contribution in [0.2, 0.25) is 0 Å². The second kappa shape index (κ2) is 3.84. The minimum atomic E-state index is 0.280. The zero-order valence-electron chi connectivity index (χ0n) is 9.72. The Labute approximate surface area is 100 Å². The van der Waals surface area contributed by atoms with Crippen LogP contribution in [0.4, 0.5) is 0 Å². The van der Waals surface area contributed by atoms with Crippen LogP contribution in [0.15, 0.2) is 30.3 Å². The van der Waals surface area contributed by atoms with E-state index in [1.165, 1.54) is 12.8 Å². The van der Waals surface area contributed by atoms with Crippen LogP contribution in [0.1, 0.15) is 30.3 Å². The van der Waals surface area contributed by atoms with Gasteiger partial charge in [0.1, 0.15) is 11.6 Å². The molecule has 0 amide bonds. The lowest BCUT2D eigenvalue weighted by Crippen LogP contribution is -1.97. The average Bonchev–Trinajstić information content (AvgIpc) is 3.13. The molecule has 0 aliphatic heterocycles. The van der Waals surface area contributed by atoms with Gasteiger partial charge in [-0.05, 0) is 50.1 Å². The van der Waals surface area contributed by atoms with Crippen molar-refractivity contribution in [3.05, 3.63) is 41.9 Å². The molecule has 3 nitrogen and oxygen atoms in total. The van der Waals surface area contributed by atoms with Crippen LogP contribution in [-0.4, -0.2) is 15.1 Å². The van der Waals surface area contributed by atoms with Gasteiger partial charge in [-0.25, -0.2) is 9.97 Å². The summed E-state index contributed by atoms with van der Waals surface area (Å²) in [5.41, 5.74) is 2.97. The van der Waals surface area contributed by atoms with Gasteiger partial charge in [0.2, 0.25) is 0 Å². The van der Waals surface area contributed by atoms with Crippen LogP contribution in [-0.2, 0) is 0 Å². The summed E-state index contributed by atoms with van der Waals surface area (Å²) in [7, 11) is 0. The minimum Gasteiger partial charge on any atom is -0.508 e. The van der Waals surface area contributed by atoms with Crippen LogP contribution < -0.4 is 0 Å². The predicted octanol–water partition coefficient (Wildman–Crippen LogP) is 3.04. The van der Waals surface area contributed by atoms with Crippen LogP contribution in [0.5, 0.6) is 5.75 Å². The van der Waals surface area contributed by atoms with E-state index in [0.717, 1.165) is 22.8 Å². The molecule has 3 heteroatoms. The van der Waals surface area contributed by atoms with E-state index in [-0.39, 0.29) is 5.75 Å². The molecule has 0 spiro atoms. The van der Waals surface area contributed by atoms with Crippen molar-refractivity contribution in [3.63, 3.8) is 0 Å². The fourth-order valence-corrected chi connectivity index (χ4v) is 1.90. The Morgan fingerprint density at radius 1 is 1.12 bits per heavy atom. The maximum atomic E-state index is 9.28. The van der Waals surface area contributed by atoms with Gasteiger partial charge in [-0.3, -0.25) is 0 Å². The summed E-state index contributed by atoms with van der Waals surface area (Å²) in [5, 5.41) is 9.28. The van der Waals surface area contributed by atoms with Crippen molar-refractivity contribution in [1.82, 2.24) is 9.97 Å². The molecule has 1 N–H and O–H groups in total. The van der Waals surface area contributed by atoms with Gasteiger partial charge in [0.25, 0.3) is 0 Å². The second-order valence-electron chi connectivity index (χ2n) is 4.57. The molecule has 1 heterocycles. The summed E-state index contributed by atoms with van der Waals surface area (Å²) >= 11 is 0. The van der Waals surface area contributed by atoms with E-state index in [1.54, 1.807) is 12.1 Å². The van der Waals surface area contributed by atoms with E-state index in [4.69, 9.17) is 0 Å². The molecule has 0 unspecified atom stereocenters. The number of hydrogen-bond donors (Lipinski definition) is 1. The molecule has 1 aliphatic carbocycles. The highest BCUT2D eigenvalue weighted by molar-refractivity contribution is 5.60. The Morgan fingerprint density at radius 2 is 1.82 bits per heavy atom. The number of hydrogen-bond acceptors (Lipinski definition) is 3. The first-order chi connectivity index (χ1) is 8.22. The highest BCUT2D eigenvalue weighted by atomic mass is 16.3. The number of rotatable bonds is 2. The summed E-state index contributed by atoms with van der Waals surface area (Å²) in [6.45, 7) is 2.00. The molecule has 86 valence electrons. The number of aryl methyl sites for hydroxylation is 1. The summed E-state index contributed by atoms with van der Waals surface area (Å²) in [6, 6.07) is 9.12. The van der Waals surface area contributed by atoms with Crippen molar-refractivity contribution in [2.45, 2.75) is 25.7 Å². The van der Waals surface area contributed by atoms with Gasteiger partial charge in [0.05, 0.1) is 5.69 Å². The molecule has 2 aromatic rings. The molecule has 1 saturated carbocycles. The summed E-state index contributed by atoms with van der Waals surface area (Å²) in [4.78, 5) is 9.08. The highest BCUT2D eigenvalue weighted by Crippen LogP contribution is 2.38. The zero-order chi connectivity index (χ0) is 11.8. The van der Waals surface area contributed by atoms with Gasteiger partial charge in [-0.15, -0.1) is 0 Å². The fourth-order valence-electron chi connectivity index (χ4n) is 1.90. The first-order valence-corrected chi connectivity index (χ1v) is 5.87. The number of aromatic hydroxyl groups is 1. The van der Waals surface area contributed by atoms with Crippen molar-refractivity contribution in [2.24, 2.45) is 0 Å². The predicted molar refractivity (Wildman–Crippen MR) is 65.8 cm³/mol. The van der Waals surface area contributed by atoms with Gasteiger partial charge in [-0.2, -0.15) is 0 Å². The quantitative estimate of drug-likeness (QED) is 0.856. The standard InChI is InChI=1S/C14H14N2O/c1-9-8-13(10-4-6-12(17)7-5-10)16-14(15-9)11-2-3-11/h4-8,11,17H,2-3H2,1H3. The molecule has 1 aromatic heterocycles. The first kappa shape index (κ1) is 10.3. The summed E-state index contributed by atoms with van der Waals surface area (Å²) in [6.07, 6.45) is 2.41. The molecule has 0 bridgehead atoms. The topological polar surface area (TPSA) is 46.0 Å². The Kier molecular flexibility index (Phi) is 2.32. The van der Waals surface area contributed by atoms with Gasteiger partial charge in [0.15, 0.2) is 0 Å². The van der Waals surface area contributed by atoms with E-state index >= 15 is 0 Å². The number of benzene rings is 1. The third-order valence-corrected chi connectivity index (χ3v) is 2.98. The number of nitrogens with zero attached hydrogens (tertiary/aromatic N) is 2. The molecule has 1 aliphatic rings. The summed E-state index contributed by atoms with van der Waals surface area (Å²) < 4.78 is 0. The largest absolute Gasteiger partial charge is 0.508 e. The lowest BCUT2D eigenvalue weighted by atomic mass is 10.1. The molecule has 0 radical (unpaired) electrons. The number of phenolic OH excluding ortho intramolecular Hbond substituents is 1. The zero-order valence-corrected chi connectivity index (χ0v) is 9.72. The number of phenols is 1. The van der Waals surface area contributed by atoms with Crippen molar-refractivity contribution in [3.8, 4) is 17.0 Å². The Balaban J connectivity index is 2.04. The smallest absolute Gasteiger partial charge is 0.132 e. The van der Waals surface area contributed by atoms with Crippen molar-refractivity contribution >= 4 is 0 Å². The number of aromatic nitrogens is 2. The van der Waals surface area contributed by atoms with Crippen LogP contribution >= 0.6 is 0 Å². The third kappa shape index (κ3) is 2.13. The van der Waals surface area contributed by atoms with Gasteiger partial charge < -0.3 is 5.11 Å². The Bertz CT molecular complexity index is 545. The average molecular weight is 226 g/mol. The SMILES string of the molecule is Cc1cc(-c2ccc(O)cc2)nc(C2CC2)n1. The fraction of sp³-hybridized carbons (Fsp3) is 0.286. The van der Waals surface area contributed by atoms with E-state index in [9.17, 15) is 5.11 Å². The van der Waals surface area contributed by atoms with Crippen molar-refractivity contribution in [2.75, 3.05) is 0 Å². The third-order valence-electron chi connectivity index (χ3n) is 2.98. The van der Waals surface area contributed by atoms with Crippen LogP contribution in [0, 0.1) is 6.92 Å². The molecule has 1 fully saturated rings. The van der Waals surface area contributed by atoms with Crippen LogP contribution in [0.3, 0.4) is 0 Å². The van der Waals surface area contributed by atoms with Crippen molar-refractivity contribution < 1.29 is 5.11 Å². The molecule has 0 saturated heterocycles. The Morgan fingerprint density at radius 3 is 2.47 bits per heavy atom.